The molecule has 0 N–H and O–H groups in total. The molecule has 0 aliphatic carbocycles. The van der Waals surface area contributed by atoms with Crippen LogP contribution in [-0.4, -0.2) is 43.8 Å². The number of allylic oxidation sites excluding steroid dienone is 1. The van der Waals surface area contributed by atoms with Crippen molar-refractivity contribution < 1.29 is 14.0 Å². The van der Waals surface area contributed by atoms with Crippen molar-refractivity contribution in [1.29, 1.82) is 0 Å². The molecular formula is C31H55BO3Sn. The number of rotatable bonds is 7. The zero-order valence-electron chi connectivity index (χ0n) is 26.2. The molecule has 204 valence electrons. The molecule has 2 rings (SSSR count). The Bertz CT molecular complexity index is 873. The van der Waals surface area contributed by atoms with Crippen LogP contribution in [0.1, 0.15) is 122 Å². The van der Waals surface area contributed by atoms with Gasteiger partial charge in [-0.1, -0.05) is 0 Å². The molecule has 0 bridgehead atoms. The summed E-state index contributed by atoms with van der Waals surface area (Å²) in [4.78, 5) is 0. The summed E-state index contributed by atoms with van der Waals surface area (Å²) in [5.41, 5.74) is 1.97. The summed E-state index contributed by atoms with van der Waals surface area (Å²) >= 11 is -3.51. The normalized spacial score (nSPS) is 19.4. The van der Waals surface area contributed by atoms with Gasteiger partial charge < -0.3 is 0 Å². The van der Waals surface area contributed by atoms with Gasteiger partial charge in [0.1, 0.15) is 0 Å². The van der Waals surface area contributed by atoms with Crippen LogP contribution in [0.4, 0.5) is 0 Å². The molecule has 0 saturated carbocycles. The Morgan fingerprint density at radius 1 is 0.806 bits per heavy atom. The van der Waals surface area contributed by atoms with Crippen LogP contribution < -0.4 is 4.74 Å². The van der Waals surface area contributed by atoms with Crippen LogP contribution in [0.3, 0.4) is 0 Å². The zero-order valence-corrected chi connectivity index (χ0v) is 29.1. The molecule has 1 heterocycles. The summed E-state index contributed by atoms with van der Waals surface area (Å²) in [6.45, 7) is 33.5. The molecule has 0 radical (unpaired) electrons. The fourth-order valence-electron chi connectivity index (χ4n) is 7.61. The van der Waals surface area contributed by atoms with Crippen molar-refractivity contribution in [1.82, 2.24) is 0 Å². The van der Waals surface area contributed by atoms with E-state index in [1.807, 2.05) is 0 Å². The Balaban J connectivity index is 3.13. The minimum absolute atomic E-state index is 0.154. The number of benzene rings is 1. The molecule has 1 aromatic carbocycles. The zero-order chi connectivity index (χ0) is 28.0. The molecular weight excluding hydrogens is 550 g/mol. The number of ether oxygens (including phenoxy) is 1. The van der Waals surface area contributed by atoms with Crippen molar-refractivity contribution in [2.75, 3.05) is 7.11 Å². The van der Waals surface area contributed by atoms with E-state index in [4.69, 9.17) is 14.0 Å². The third-order valence-corrected chi connectivity index (χ3v) is 31.9. The van der Waals surface area contributed by atoms with Crippen molar-refractivity contribution in [3.05, 3.63) is 35.3 Å². The van der Waals surface area contributed by atoms with Crippen LogP contribution in [0.2, 0.25) is 10.3 Å². The van der Waals surface area contributed by atoms with Crippen molar-refractivity contribution in [2.24, 2.45) is 0 Å². The number of methoxy groups -OCH3 is 1. The van der Waals surface area contributed by atoms with Gasteiger partial charge in [0, 0.05) is 0 Å². The molecule has 36 heavy (non-hydrogen) atoms. The Morgan fingerprint density at radius 3 is 1.56 bits per heavy atom. The average Bonchev–Trinajstić information content (AvgIpc) is 2.91. The summed E-state index contributed by atoms with van der Waals surface area (Å²) in [5, 5.41) is 0. The topological polar surface area (TPSA) is 27.7 Å². The molecule has 1 fully saturated rings. The van der Waals surface area contributed by atoms with E-state index in [1.54, 1.807) is 10.7 Å². The third kappa shape index (κ3) is 5.61. The van der Waals surface area contributed by atoms with Gasteiger partial charge in [-0.15, -0.1) is 0 Å². The van der Waals surface area contributed by atoms with E-state index >= 15 is 0 Å². The predicted molar refractivity (Wildman–Crippen MR) is 160 cm³/mol. The first-order valence-electron chi connectivity index (χ1n) is 13.9. The summed E-state index contributed by atoms with van der Waals surface area (Å²) in [5.74, 6) is 0.895. The molecule has 1 aliphatic rings. The van der Waals surface area contributed by atoms with Crippen LogP contribution in [0.5, 0.6) is 5.75 Å². The molecule has 0 aromatic heterocycles. The monoisotopic (exact) mass is 606 g/mol. The first-order chi connectivity index (χ1) is 16.2. The van der Waals surface area contributed by atoms with Gasteiger partial charge in [0.25, 0.3) is 0 Å². The molecule has 1 aromatic rings. The van der Waals surface area contributed by atoms with Crippen molar-refractivity contribution in [3.63, 3.8) is 0 Å². The molecule has 0 atom stereocenters. The van der Waals surface area contributed by atoms with Crippen LogP contribution in [0, 0.1) is 0 Å². The first kappa shape index (κ1) is 31.8. The van der Waals surface area contributed by atoms with Crippen molar-refractivity contribution >= 4 is 29.1 Å². The summed E-state index contributed by atoms with van der Waals surface area (Å²) < 4.78 is 21.3. The van der Waals surface area contributed by atoms with E-state index in [0.29, 0.717) is 0 Å². The van der Waals surface area contributed by atoms with Gasteiger partial charge in [0.05, 0.1) is 0 Å². The quantitative estimate of drug-likeness (QED) is 0.290. The molecule has 3 nitrogen and oxygen atoms in total. The molecule has 0 amide bonds. The molecule has 1 saturated heterocycles. The van der Waals surface area contributed by atoms with Crippen molar-refractivity contribution in [2.45, 2.75) is 138 Å². The van der Waals surface area contributed by atoms with Crippen LogP contribution in [-0.2, 0) is 9.31 Å². The van der Waals surface area contributed by atoms with Gasteiger partial charge >= 0.3 is 229 Å². The van der Waals surface area contributed by atoms with Gasteiger partial charge in [-0.3, -0.25) is 0 Å². The van der Waals surface area contributed by atoms with Gasteiger partial charge in [-0.25, -0.2) is 0 Å². The molecule has 5 heteroatoms. The van der Waals surface area contributed by atoms with E-state index in [1.165, 1.54) is 11.0 Å². The Labute approximate surface area is 228 Å². The standard InChI is InChI=1S/C19H28BO3.3C4H9.Sn/c1-7-8-9-16(14-15-10-12-17(21-6)13-11-15)20-22-18(2,3)19(4,5)23-20;3*1-4(2)3;/h10-13H,7-9H2,1-6H3;3*1-3H3;. The van der Waals surface area contributed by atoms with E-state index in [0.717, 1.165) is 25.0 Å². The molecule has 1 aliphatic heterocycles. The SMILES string of the molecule is CCCC/C(B1OC(C)(C)C(C)(C)O1)=[C](\c1ccc(OC)cc1)[Sn]([C](C)(C)C)([C](C)(C)C)[C](C)(C)C. The second-order valence-electron chi connectivity index (χ2n) is 14.8. The summed E-state index contributed by atoms with van der Waals surface area (Å²) in [7, 11) is 1.41. The van der Waals surface area contributed by atoms with Crippen molar-refractivity contribution in [3.8, 4) is 5.75 Å². The third-order valence-electron chi connectivity index (χ3n) is 8.79. The van der Waals surface area contributed by atoms with Gasteiger partial charge in [-0.05, 0) is 0 Å². The van der Waals surface area contributed by atoms with E-state index in [9.17, 15) is 0 Å². The maximum absolute atomic E-state index is 6.83. The minimum atomic E-state index is -3.51. The van der Waals surface area contributed by atoms with E-state index in [-0.39, 0.29) is 28.6 Å². The predicted octanol–water partition coefficient (Wildman–Crippen LogP) is 9.66. The molecule has 0 spiro atoms. The van der Waals surface area contributed by atoms with Crippen LogP contribution >= 0.6 is 0 Å². The Morgan fingerprint density at radius 2 is 1.22 bits per heavy atom. The summed E-state index contributed by atoms with van der Waals surface area (Å²) in [6.07, 6.45) is 3.26. The second kappa shape index (κ2) is 10.6. The number of unbranched alkanes of at least 4 members (excludes halogenated alkanes) is 1. The van der Waals surface area contributed by atoms with Gasteiger partial charge in [-0.2, -0.15) is 0 Å². The van der Waals surface area contributed by atoms with E-state index < -0.39 is 18.4 Å². The number of hydrogen-bond acceptors (Lipinski definition) is 3. The van der Waals surface area contributed by atoms with Crippen LogP contribution in [0.15, 0.2) is 29.7 Å². The van der Waals surface area contributed by atoms with Crippen LogP contribution in [0.25, 0.3) is 3.59 Å². The average molecular weight is 605 g/mol. The first-order valence-corrected chi connectivity index (χ1v) is 19.6. The Hall–Kier alpha value is -0.456. The summed E-state index contributed by atoms with van der Waals surface area (Å²) in [6, 6.07) is 8.84. The fourth-order valence-corrected chi connectivity index (χ4v) is 37.1. The molecule has 0 unspecified atom stereocenters. The Kier molecular flexibility index (Phi) is 9.35. The van der Waals surface area contributed by atoms with Gasteiger partial charge in [0.15, 0.2) is 0 Å². The number of hydrogen-bond donors (Lipinski definition) is 0. The maximum atomic E-state index is 6.83. The second-order valence-corrected chi connectivity index (χ2v) is 33.4. The van der Waals surface area contributed by atoms with E-state index in [2.05, 4.69) is 121 Å². The van der Waals surface area contributed by atoms with Gasteiger partial charge in [0.2, 0.25) is 0 Å². The fraction of sp³-hybridized carbons (Fsp3) is 0.742.